The SMILES string of the molecule is C#Cc1cnc2ccc(OC(C)C(=S)NC(C)(C#N)C=NOC)cc2c1. The number of aromatic nitrogens is 1. The molecule has 0 aliphatic rings. The molecule has 6 nitrogen and oxygen atoms in total. The predicted molar refractivity (Wildman–Crippen MR) is 105 cm³/mol. The molecule has 1 heterocycles. The summed E-state index contributed by atoms with van der Waals surface area (Å²) in [7, 11) is 1.40. The highest BCUT2D eigenvalue weighted by Crippen LogP contribution is 2.21. The number of fused-ring (bicyclic) bond motifs is 1. The second-order valence-corrected chi connectivity index (χ2v) is 6.14. The molecule has 1 N–H and O–H groups in total. The average molecular weight is 366 g/mol. The van der Waals surface area contributed by atoms with Crippen molar-refractivity contribution in [2.75, 3.05) is 7.11 Å². The molecule has 0 spiro atoms. The highest BCUT2D eigenvalue weighted by molar-refractivity contribution is 7.80. The molecule has 132 valence electrons. The normalized spacial score (nSPS) is 14.0. The van der Waals surface area contributed by atoms with Crippen LogP contribution in [0, 0.1) is 23.7 Å². The van der Waals surface area contributed by atoms with Crippen molar-refractivity contribution in [1.29, 1.82) is 5.26 Å². The molecule has 0 amide bonds. The number of oxime groups is 1. The number of rotatable bonds is 6. The lowest BCUT2D eigenvalue weighted by Crippen LogP contribution is -2.49. The molecule has 1 aromatic carbocycles. The summed E-state index contributed by atoms with van der Waals surface area (Å²) in [6, 6.07) is 9.45. The maximum Gasteiger partial charge on any atom is 0.162 e. The van der Waals surface area contributed by atoms with E-state index in [0.29, 0.717) is 16.3 Å². The molecule has 0 aliphatic carbocycles. The van der Waals surface area contributed by atoms with Crippen molar-refractivity contribution in [3.8, 4) is 24.2 Å². The highest BCUT2D eigenvalue weighted by Gasteiger charge is 2.25. The first-order valence-electron chi connectivity index (χ1n) is 7.75. The van der Waals surface area contributed by atoms with Gasteiger partial charge in [-0.15, -0.1) is 6.42 Å². The summed E-state index contributed by atoms with van der Waals surface area (Å²) in [6.45, 7) is 3.43. The third kappa shape index (κ3) is 4.69. The molecule has 2 rings (SSSR count). The van der Waals surface area contributed by atoms with E-state index in [2.05, 4.69) is 32.3 Å². The topological polar surface area (TPSA) is 79.5 Å². The number of nitrogens with zero attached hydrogens (tertiary/aromatic N) is 3. The van der Waals surface area contributed by atoms with E-state index in [9.17, 15) is 5.26 Å². The third-order valence-corrected chi connectivity index (χ3v) is 3.97. The minimum Gasteiger partial charge on any atom is -0.484 e. The van der Waals surface area contributed by atoms with Gasteiger partial charge < -0.3 is 14.9 Å². The van der Waals surface area contributed by atoms with Crippen LogP contribution in [0.4, 0.5) is 0 Å². The maximum atomic E-state index is 9.32. The number of terminal acetylenes is 1. The van der Waals surface area contributed by atoms with Crippen molar-refractivity contribution in [2.45, 2.75) is 25.5 Å². The quantitative estimate of drug-likeness (QED) is 0.366. The molecule has 2 unspecified atom stereocenters. The average Bonchev–Trinajstić information content (AvgIpc) is 2.65. The summed E-state index contributed by atoms with van der Waals surface area (Å²) >= 11 is 5.35. The van der Waals surface area contributed by atoms with Crippen molar-refractivity contribution < 1.29 is 9.57 Å². The van der Waals surface area contributed by atoms with Gasteiger partial charge in [-0.1, -0.05) is 23.3 Å². The van der Waals surface area contributed by atoms with E-state index in [1.165, 1.54) is 13.3 Å². The Morgan fingerprint density at radius 1 is 1.50 bits per heavy atom. The Kier molecular flexibility index (Phi) is 6.11. The Morgan fingerprint density at radius 2 is 2.27 bits per heavy atom. The predicted octanol–water partition coefficient (Wildman–Crippen LogP) is 2.81. The van der Waals surface area contributed by atoms with Crippen LogP contribution < -0.4 is 10.1 Å². The van der Waals surface area contributed by atoms with Crippen LogP contribution in [0.15, 0.2) is 35.6 Å². The van der Waals surface area contributed by atoms with E-state index in [1.807, 2.05) is 18.2 Å². The number of pyridine rings is 1. The number of nitriles is 1. The molecule has 0 fully saturated rings. The van der Waals surface area contributed by atoms with Gasteiger partial charge in [-0.05, 0) is 38.1 Å². The number of hydrogen-bond acceptors (Lipinski definition) is 6. The lowest BCUT2D eigenvalue weighted by atomic mass is 10.1. The van der Waals surface area contributed by atoms with E-state index >= 15 is 0 Å². The number of hydrogen-bond donors (Lipinski definition) is 1. The second kappa shape index (κ2) is 8.28. The van der Waals surface area contributed by atoms with Crippen LogP contribution in [0.3, 0.4) is 0 Å². The van der Waals surface area contributed by atoms with Gasteiger partial charge >= 0.3 is 0 Å². The maximum absolute atomic E-state index is 9.32. The van der Waals surface area contributed by atoms with Gasteiger partial charge in [0.1, 0.15) is 24.0 Å². The smallest absolute Gasteiger partial charge is 0.162 e. The van der Waals surface area contributed by atoms with Crippen molar-refractivity contribution in [1.82, 2.24) is 10.3 Å². The number of ether oxygens (including phenoxy) is 1. The number of thiocarbonyl (C=S) groups is 1. The molecule has 7 heteroatoms. The van der Waals surface area contributed by atoms with Gasteiger partial charge in [0.15, 0.2) is 5.54 Å². The van der Waals surface area contributed by atoms with Crippen molar-refractivity contribution in [3.05, 3.63) is 36.0 Å². The van der Waals surface area contributed by atoms with Crippen molar-refractivity contribution in [3.63, 3.8) is 0 Å². The summed E-state index contributed by atoms with van der Waals surface area (Å²) < 4.78 is 5.88. The monoisotopic (exact) mass is 366 g/mol. The Hall–Kier alpha value is -3.16. The minimum absolute atomic E-state index is 0.368. The van der Waals surface area contributed by atoms with Gasteiger partial charge in [0.05, 0.1) is 17.8 Å². The summed E-state index contributed by atoms with van der Waals surface area (Å²) in [4.78, 5) is 9.29. The van der Waals surface area contributed by atoms with Crippen molar-refractivity contribution in [2.24, 2.45) is 5.16 Å². The Bertz CT molecular complexity index is 929. The molecular weight excluding hydrogens is 348 g/mol. The number of nitrogens with one attached hydrogen (secondary N) is 1. The summed E-state index contributed by atoms with van der Waals surface area (Å²) in [5.74, 6) is 3.18. The fourth-order valence-corrected chi connectivity index (χ4v) is 2.38. The lowest BCUT2D eigenvalue weighted by molar-refractivity contribution is 0.213. The molecule has 0 bridgehead atoms. The van der Waals surface area contributed by atoms with Crippen LogP contribution in [0.2, 0.25) is 0 Å². The molecule has 0 radical (unpaired) electrons. The Balaban J connectivity index is 2.13. The van der Waals surface area contributed by atoms with Crippen LogP contribution in [0.1, 0.15) is 19.4 Å². The van der Waals surface area contributed by atoms with E-state index < -0.39 is 11.6 Å². The van der Waals surface area contributed by atoms with Crippen LogP contribution in [0.5, 0.6) is 5.75 Å². The molecule has 2 atom stereocenters. The molecular formula is C19H18N4O2S. The van der Waals surface area contributed by atoms with E-state index in [4.69, 9.17) is 23.4 Å². The Morgan fingerprint density at radius 3 is 2.92 bits per heavy atom. The molecule has 2 aromatic rings. The first-order valence-corrected chi connectivity index (χ1v) is 8.15. The molecule has 26 heavy (non-hydrogen) atoms. The minimum atomic E-state index is -1.10. The van der Waals surface area contributed by atoms with Gasteiger partial charge in [0, 0.05) is 17.1 Å². The zero-order valence-electron chi connectivity index (χ0n) is 14.7. The third-order valence-electron chi connectivity index (χ3n) is 3.53. The molecule has 0 saturated carbocycles. The number of benzene rings is 1. The molecule has 0 aliphatic heterocycles. The fraction of sp³-hybridized carbons (Fsp3) is 0.263. The largest absolute Gasteiger partial charge is 0.484 e. The summed E-state index contributed by atoms with van der Waals surface area (Å²) in [5, 5.41) is 16.7. The lowest BCUT2D eigenvalue weighted by Gasteiger charge is -2.24. The first kappa shape index (κ1) is 19.2. The van der Waals surface area contributed by atoms with Crippen LogP contribution >= 0.6 is 12.2 Å². The summed E-state index contributed by atoms with van der Waals surface area (Å²) in [5.41, 5.74) is 0.416. The molecule has 1 aromatic heterocycles. The van der Waals surface area contributed by atoms with E-state index in [1.54, 1.807) is 26.1 Å². The van der Waals surface area contributed by atoms with Crippen LogP contribution in [-0.2, 0) is 4.84 Å². The van der Waals surface area contributed by atoms with Gasteiger partial charge in [-0.2, -0.15) is 5.26 Å². The van der Waals surface area contributed by atoms with Gasteiger partial charge in [-0.25, -0.2) is 0 Å². The van der Waals surface area contributed by atoms with Gasteiger partial charge in [-0.3, -0.25) is 4.98 Å². The van der Waals surface area contributed by atoms with Crippen molar-refractivity contribution >= 4 is 34.3 Å². The zero-order valence-corrected chi connectivity index (χ0v) is 15.5. The zero-order chi connectivity index (χ0) is 19.2. The van der Waals surface area contributed by atoms with E-state index in [-0.39, 0.29) is 0 Å². The van der Waals surface area contributed by atoms with Gasteiger partial charge in [0.2, 0.25) is 0 Å². The van der Waals surface area contributed by atoms with Gasteiger partial charge in [0.25, 0.3) is 0 Å². The van der Waals surface area contributed by atoms with Crippen LogP contribution in [0.25, 0.3) is 10.9 Å². The standard InChI is InChI=1S/C19H18N4O2S/c1-5-14-8-15-9-16(6-7-17(15)21-10-14)25-13(2)18(26)23-19(3,11-20)12-22-24-4/h1,6-10,12-13H,2-4H3,(H,23,26). The first-order chi connectivity index (χ1) is 12.4. The Labute approximate surface area is 157 Å². The second-order valence-electron chi connectivity index (χ2n) is 5.70. The van der Waals surface area contributed by atoms with Crippen LogP contribution in [-0.4, -0.2) is 34.9 Å². The van der Waals surface area contributed by atoms with E-state index in [0.717, 1.165) is 10.9 Å². The highest BCUT2D eigenvalue weighted by atomic mass is 32.1. The summed E-state index contributed by atoms with van der Waals surface area (Å²) in [6.07, 6.45) is 7.94. The fourth-order valence-electron chi connectivity index (χ4n) is 2.12. The molecule has 0 saturated heterocycles.